The summed E-state index contributed by atoms with van der Waals surface area (Å²) in [6.07, 6.45) is 9.78. The van der Waals surface area contributed by atoms with Gasteiger partial charge in [-0.1, -0.05) is 0 Å². The number of carbonyl (C=O) groups excluding carboxylic acids is 1. The van der Waals surface area contributed by atoms with Gasteiger partial charge in [-0.05, 0) is 45.0 Å². The van der Waals surface area contributed by atoms with Crippen molar-refractivity contribution in [3.63, 3.8) is 0 Å². The second-order valence-electron chi connectivity index (χ2n) is 6.59. The van der Waals surface area contributed by atoms with Crippen LogP contribution in [0.25, 0.3) is 11.4 Å². The van der Waals surface area contributed by atoms with E-state index in [1.54, 1.807) is 62.5 Å². The van der Waals surface area contributed by atoms with E-state index < -0.39 is 5.97 Å². The molecular weight excluding hydrogens is 412 g/mol. The molecule has 0 spiro atoms. The zero-order chi connectivity index (χ0) is 23.1. The van der Waals surface area contributed by atoms with Crippen LogP contribution in [0.15, 0.2) is 61.4 Å². The van der Waals surface area contributed by atoms with Crippen molar-refractivity contribution in [2.75, 3.05) is 6.61 Å². The maximum Gasteiger partial charge on any atom is 0.341 e. The lowest BCUT2D eigenvalue weighted by Crippen LogP contribution is -2.04. The Hall–Kier alpha value is -4.34. The Labute approximate surface area is 184 Å². The molecule has 4 aromatic rings. The lowest BCUT2D eigenvalue weighted by Gasteiger charge is -1.99. The van der Waals surface area contributed by atoms with Crippen LogP contribution in [0.5, 0.6) is 0 Å². The molecule has 4 rings (SSSR count). The summed E-state index contributed by atoms with van der Waals surface area (Å²) in [5, 5.41) is 17.2. The SMILES string of the molecule is CCOC(=O)c1cn(-c2cccnc2)nc1C.Cc1nn(-c2cccnc2)cc1C(=O)O. The summed E-state index contributed by atoms with van der Waals surface area (Å²) in [4.78, 5) is 30.4. The molecule has 0 fully saturated rings. The van der Waals surface area contributed by atoms with E-state index in [0.29, 0.717) is 23.6 Å². The van der Waals surface area contributed by atoms with Gasteiger partial charge in [-0.3, -0.25) is 9.97 Å². The van der Waals surface area contributed by atoms with Crippen molar-refractivity contribution in [2.24, 2.45) is 0 Å². The zero-order valence-corrected chi connectivity index (χ0v) is 17.8. The number of aromatic carboxylic acids is 1. The first kappa shape index (κ1) is 22.3. The first-order chi connectivity index (χ1) is 15.4. The van der Waals surface area contributed by atoms with Crippen LogP contribution in [0, 0.1) is 13.8 Å². The number of nitrogens with zero attached hydrogens (tertiary/aromatic N) is 6. The van der Waals surface area contributed by atoms with E-state index in [0.717, 1.165) is 11.4 Å². The second-order valence-corrected chi connectivity index (χ2v) is 6.59. The fourth-order valence-corrected chi connectivity index (χ4v) is 2.78. The van der Waals surface area contributed by atoms with Crippen LogP contribution in [-0.4, -0.2) is 53.2 Å². The molecule has 10 nitrogen and oxygen atoms in total. The molecule has 0 unspecified atom stereocenters. The minimum atomic E-state index is -0.970. The minimum absolute atomic E-state index is 0.207. The lowest BCUT2D eigenvalue weighted by atomic mass is 10.3. The number of carboxylic acids is 1. The average molecular weight is 434 g/mol. The monoisotopic (exact) mass is 434 g/mol. The van der Waals surface area contributed by atoms with Crippen LogP contribution in [0.1, 0.15) is 39.0 Å². The summed E-state index contributed by atoms with van der Waals surface area (Å²) >= 11 is 0. The minimum Gasteiger partial charge on any atom is -0.478 e. The Morgan fingerprint density at radius 1 is 0.906 bits per heavy atom. The molecule has 0 saturated carbocycles. The molecule has 1 N–H and O–H groups in total. The zero-order valence-electron chi connectivity index (χ0n) is 17.8. The summed E-state index contributed by atoms with van der Waals surface area (Å²) in [7, 11) is 0. The fourth-order valence-electron chi connectivity index (χ4n) is 2.78. The molecule has 164 valence electrons. The maximum atomic E-state index is 11.6. The molecule has 0 aliphatic carbocycles. The summed E-state index contributed by atoms with van der Waals surface area (Å²) in [6.45, 7) is 5.57. The summed E-state index contributed by atoms with van der Waals surface area (Å²) in [5.74, 6) is -1.32. The van der Waals surface area contributed by atoms with Crippen LogP contribution in [-0.2, 0) is 4.74 Å². The molecule has 0 saturated heterocycles. The first-order valence-electron chi connectivity index (χ1n) is 9.74. The van der Waals surface area contributed by atoms with Crippen LogP contribution in [0.3, 0.4) is 0 Å². The van der Waals surface area contributed by atoms with E-state index in [2.05, 4.69) is 20.2 Å². The van der Waals surface area contributed by atoms with E-state index in [4.69, 9.17) is 9.84 Å². The highest BCUT2D eigenvalue weighted by atomic mass is 16.5. The number of pyridine rings is 2. The summed E-state index contributed by atoms with van der Waals surface area (Å²) in [6, 6.07) is 7.27. The highest BCUT2D eigenvalue weighted by molar-refractivity contribution is 5.90. The van der Waals surface area contributed by atoms with Gasteiger partial charge < -0.3 is 9.84 Å². The second kappa shape index (κ2) is 10.1. The van der Waals surface area contributed by atoms with Crippen LogP contribution in [0.4, 0.5) is 0 Å². The molecule has 0 atom stereocenters. The number of aromatic nitrogens is 6. The van der Waals surface area contributed by atoms with Crippen LogP contribution < -0.4 is 0 Å². The Morgan fingerprint density at radius 3 is 1.81 bits per heavy atom. The van der Waals surface area contributed by atoms with E-state index in [9.17, 15) is 9.59 Å². The van der Waals surface area contributed by atoms with Crippen molar-refractivity contribution in [1.29, 1.82) is 0 Å². The molecular formula is C22H22N6O4. The largest absolute Gasteiger partial charge is 0.478 e. The molecule has 0 amide bonds. The number of esters is 1. The third kappa shape index (κ3) is 5.22. The molecule has 0 bridgehead atoms. The summed E-state index contributed by atoms with van der Waals surface area (Å²) in [5.41, 5.74) is 3.38. The van der Waals surface area contributed by atoms with Crippen molar-refractivity contribution in [2.45, 2.75) is 20.8 Å². The molecule has 10 heteroatoms. The van der Waals surface area contributed by atoms with E-state index >= 15 is 0 Å². The average Bonchev–Trinajstić information content (AvgIpc) is 3.39. The molecule has 0 aliphatic heterocycles. The van der Waals surface area contributed by atoms with Gasteiger partial charge in [0, 0.05) is 24.8 Å². The Morgan fingerprint density at radius 2 is 1.41 bits per heavy atom. The quantitative estimate of drug-likeness (QED) is 0.475. The van der Waals surface area contributed by atoms with Crippen molar-refractivity contribution >= 4 is 11.9 Å². The Kier molecular flexibility index (Phi) is 7.06. The Balaban J connectivity index is 0.000000182. The standard InChI is InChI=1S/C12H13N3O2.C10H9N3O2/c1-3-17-12(16)11-8-15(14-9(11)2)10-5-4-6-13-7-10;1-7-9(10(14)15)6-13(12-7)8-3-2-4-11-5-8/h4-8H,3H2,1-2H3;2-6H,1H3,(H,14,15). The van der Waals surface area contributed by atoms with Gasteiger partial charge in [-0.15, -0.1) is 0 Å². The van der Waals surface area contributed by atoms with Gasteiger partial charge in [0.1, 0.15) is 11.1 Å². The maximum absolute atomic E-state index is 11.6. The molecule has 32 heavy (non-hydrogen) atoms. The Bertz CT molecular complexity index is 1200. The van der Waals surface area contributed by atoms with E-state index in [1.807, 2.05) is 18.2 Å². The highest BCUT2D eigenvalue weighted by Gasteiger charge is 2.15. The van der Waals surface area contributed by atoms with Crippen molar-refractivity contribution in [3.05, 3.63) is 84.0 Å². The van der Waals surface area contributed by atoms with Gasteiger partial charge in [-0.25, -0.2) is 19.0 Å². The topological polar surface area (TPSA) is 125 Å². The van der Waals surface area contributed by atoms with Gasteiger partial charge in [0.05, 0.1) is 41.8 Å². The molecule has 0 radical (unpaired) electrons. The third-order valence-corrected chi connectivity index (χ3v) is 4.34. The number of ether oxygens (including phenoxy) is 1. The molecule has 4 heterocycles. The van der Waals surface area contributed by atoms with E-state index in [1.165, 1.54) is 10.9 Å². The summed E-state index contributed by atoms with van der Waals surface area (Å²) < 4.78 is 8.08. The number of carboxylic acid groups (broad SMARTS) is 1. The van der Waals surface area contributed by atoms with Crippen LogP contribution >= 0.6 is 0 Å². The first-order valence-corrected chi connectivity index (χ1v) is 9.74. The normalized spacial score (nSPS) is 10.2. The fraction of sp³-hybridized carbons (Fsp3) is 0.182. The predicted molar refractivity (Wildman–Crippen MR) is 115 cm³/mol. The van der Waals surface area contributed by atoms with Crippen LogP contribution in [0.2, 0.25) is 0 Å². The molecule has 0 aliphatic rings. The number of hydrogen-bond donors (Lipinski definition) is 1. The number of aryl methyl sites for hydroxylation is 2. The smallest absolute Gasteiger partial charge is 0.341 e. The van der Waals surface area contributed by atoms with Crippen molar-refractivity contribution in [3.8, 4) is 11.4 Å². The predicted octanol–water partition coefficient (Wildman–Crippen LogP) is 3.03. The molecule has 0 aromatic carbocycles. The molecule has 4 aromatic heterocycles. The number of carbonyl (C=O) groups is 2. The lowest BCUT2D eigenvalue weighted by molar-refractivity contribution is 0.0525. The van der Waals surface area contributed by atoms with Gasteiger partial charge >= 0.3 is 11.9 Å². The van der Waals surface area contributed by atoms with Gasteiger partial charge in [0.25, 0.3) is 0 Å². The van der Waals surface area contributed by atoms with Crippen molar-refractivity contribution in [1.82, 2.24) is 29.5 Å². The van der Waals surface area contributed by atoms with Gasteiger partial charge in [-0.2, -0.15) is 10.2 Å². The number of rotatable bonds is 5. The van der Waals surface area contributed by atoms with Crippen molar-refractivity contribution < 1.29 is 19.4 Å². The number of hydrogen-bond acceptors (Lipinski definition) is 7. The van der Waals surface area contributed by atoms with Gasteiger partial charge in [0.2, 0.25) is 0 Å². The highest BCUT2D eigenvalue weighted by Crippen LogP contribution is 2.12. The van der Waals surface area contributed by atoms with Gasteiger partial charge in [0.15, 0.2) is 0 Å². The third-order valence-electron chi connectivity index (χ3n) is 4.34. The van der Waals surface area contributed by atoms with E-state index in [-0.39, 0.29) is 11.5 Å².